The Labute approximate surface area is 47.3 Å². The molecule has 4 nitrogen and oxygen atoms in total. The van der Waals surface area contributed by atoms with E-state index in [4.69, 9.17) is 0 Å². The Kier molecular flexibility index (Phi) is 0.976. The van der Waals surface area contributed by atoms with Gasteiger partial charge in [0, 0.05) is 7.05 Å². The van der Waals surface area contributed by atoms with Crippen LogP contribution in [-0.4, -0.2) is 22.9 Å². The SMILES string of the molecule is CN1CNN=[N+]1[S-]. The molecule has 0 spiro atoms. The molecule has 0 fully saturated rings. The Morgan fingerprint density at radius 1 is 2.00 bits per heavy atom. The summed E-state index contributed by atoms with van der Waals surface area (Å²) in [7, 11) is 1.86. The van der Waals surface area contributed by atoms with E-state index in [1.54, 1.807) is 5.01 Å². The maximum Gasteiger partial charge on any atom is 0.207 e. The molecule has 0 unspecified atom stereocenters. The molecule has 1 rings (SSSR count). The number of hydrogen-bond donors (Lipinski definition) is 1. The fourth-order valence-corrected chi connectivity index (χ4v) is 0.447. The second-order valence-electron chi connectivity index (χ2n) is 1.33. The summed E-state index contributed by atoms with van der Waals surface area (Å²) in [4.78, 5) is 0. The van der Waals surface area contributed by atoms with Crippen molar-refractivity contribution in [2.75, 3.05) is 13.7 Å². The van der Waals surface area contributed by atoms with Crippen molar-refractivity contribution in [3.05, 3.63) is 0 Å². The Morgan fingerprint density at radius 3 is 2.86 bits per heavy atom. The molecule has 0 aromatic carbocycles. The van der Waals surface area contributed by atoms with Gasteiger partial charge in [0.05, 0.1) is 5.22 Å². The highest BCUT2D eigenvalue weighted by molar-refractivity contribution is 7.51. The number of nitrogens with one attached hydrogen (secondary N) is 1. The third-order valence-electron chi connectivity index (χ3n) is 0.748. The highest BCUT2D eigenvalue weighted by Gasteiger charge is 2.05. The maximum absolute atomic E-state index is 4.66. The molecule has 1 aliphatic rings. The van der Waals surface area contributed by atoms with Crippen LogP contribution in [-0.2, 0) is 12.8 Å². The Bertz CT molecular complexity index is 99.9. The lowest BCUT2D eigenvalue weighted by Crippen LogP contribution is -2.23. The van der Waals surface area contributed by atoms with Crippen molar-refractivity contribution in [3.63, 3.8) is 0 Å². The van der Waals surface area contributed by atoms with Crippen LogP contribution in [0.25, 0.3) is 0 Å². The first-order valence-electron chi connectivity index (χ1n) is 1.92. The predicted molar refractivity (Wildman–Crippen MR) is 25.8 cm³/mol. The van der Waals surface area contributed by atoms with Gasteiger partial charge in [-0.2, -0.15) is 9.64 Å². The first-order chi connectivity index (χ1) is 3.30. The van der Waals surface area contributed by atoms with Gasteiger partial charge in [-0.3, -0.25) is 0 Å². The van der Waals surface area contributed by atoms with Crippen LogP contribution in [0, 0.1) is 0 Å². The molecule has 0 aliphatic carbocycles. The van der Waals surface area contributed by atoms with Crippen LogP contribution in [0.4, 0.5) is 0 Å². The molecule has 5 heteroatoms. The average molecular weight is 118 g/mol. The fraction of sp³-hybridized carbons (Fsp3) is 1.00. The molecule has 0 radical (unpaired) electrons. The predicted octanol–water partition coefficient (Wildman–Crippen LogP) is -0.764. The maximum atomic E-state index is 4.66. The van der Waals surface area contributed by atoms with Crippen LogP contribution in [0.3, 0.4) is 0 Å². The third kappa shape index (κ3) is 0.714. The van der Waals surface area contributed by atoms with Crippen LogP contribution >= 0.6 is 0 Å². The molecule has 0 bridgehead atoms. The van der Waals surface area contributed by atoms with Crippen LogP contribution in [0.2, 0.25) is 0 Å². The summed E-state index contributed by atoms with van der Waals surface area (Å²) in [5.41, 5.74) is 2.69. The number of rotatable bonds is 0. The smallest absolute Gasteiger partial charge is 0.207 e. The molecule has 7 heavy (non-hydrogen) atoms. The van der Waals surface area contributed by atoms with Crippen molar-refractivity contribution in [3.8, 4) is 0 Å². The summed E-state index contributed by atoms with van der Waals surface area (Å²) in [5.74, 6) is 0. The fourth-order valence-electron chi connectivity index (χ4n) is 0.331. The Morgan fingerprint density at radius 2 is 2.71 bits per heavy atom. The number of hydrogen-bond acceptors (Lipinski definition) is 4. The van der Waals surface area contributed by atoms with Gasteiger partial charge in [0.25, 0.3) is 0 Å². The zero-order valence-electron chi connectivity index (χ0n) is 3.96. The lowest BCUT2D eigenvalue weighted by atomic mass is 11.0. The second-order valence-corrected chi connectivity index (χ2v) is 1.65. The van der Waals surface area contributed by atoms with Gasteiger partial charge in [0.2, 0.25) is 6.67 Å². The summed E-state index contributed by atoms with van der Waals surface area (Å²) in [6.07, 6.45) is 0. The topological polar surface area (TPSA) is 30.6 Å². The van der Waals surface area contributed by atoms with Crippen molar-refractivity contribution < 1.29 is 4.21 Å². The highest BCUT2D eigenvalue weighted by atomic mass is 32.1. The van der Waals surface area contributed by atoms with Gasteiger partial charge in [-0.25, -0.2) is 5.01 Å². The summed E-state index contributed by atoms with van der Waals surface area (Å²) < 4.78 is 1.33. The molecular formula is C2H6N4S. The summed E-state index contributed by atoms with van der Waals surface area (Å²) in [6, 6.07) is 0. The molecule has 40 valence electrons. The number of nitrogens with zero attached hydrogens (tertiary/aromatic N) is 3. The van der Waals surface area contributed by atoms with Crippen molar-refractivity contribution in [1.82, 2.24) is 10.4 Å². The lowest BCUT2D eigenvalue weighted by Gasteiger charge is -2.08. The van der Waals surface area contributed by atoms with Gasteiger partial charge in [-0.1, -0.05) is 0 Å². The molecule has 0 saturated heterocycles. The van der Waals surface area contributed by atoms with Gasteiger partial charge in [0.15, 0.2) is 0 Å². The Hall–Kier alpha value is -0.580. The van der Waals surface area contributed by atoms with Crippen LogP contribution in [0.15, 0.2) is 5.22 Å². The largest absolute Gasteiger partial charge is 0.501 e. The zero-order chi connectivity index (χ0) is 5.28. The first kappa shape index (κ1) is 4.58. The molecular weight excluding hydrogens is 112 g/mol. The summed E-state index contributed by atoms with van der Waals surface area (Å²) >= 11 is 4.66. The highest BCUT2D eigenvalue weighted by Crippen LogP contribution is 1.86. The molecule has 0 atom stereocenters. The minimum Gasteiger partial charge on any atom is -0.501 e. The van der Waals surface area contributed by atoms with E-state index in [1.165, 1.54) is 4.21 Å². The van der Waals surface area contributed by atoms with Crippen LogP contribution < -0.4 is 5.43 Å². The van der Waals surface area contributed by atoms with Gasteiger partial charge < -0.3 is 12.8 Å². The molecule has 1 aliphatic heterocycles. The zero-order valence-corrected chi connectivity index (χ0v) is 4.77. The molecule has 1 heterocycles. The van der Waals surface area contributed by atoms with Crippen LogP contribution in [0.5, 0.6) is 0 Å². The second kappa shape index (κ2) is 1.49. The average Bonchev–Trinajstić information content (AvgIpc) is 1.91. The minimum absolute atomic E-state index is 0.712. The lowest BCUT2D eigenvalue weighted by molar-refractivity contribution is -0.582. The third-order valence-corrected chi connectivity index (χ3v) is 1.11. The normalized spacial score (nSPS) is 19.0. The van der Waals surface area contributed by atoms with E-state index >= 15 is 0 Å². The molecule has 0 saturated carbocycles. The van der Waals surface area contributed by atoms with E-state index < -0.39 is 0 Å². The standard InChI is InChI=1S/C2H6N4S/c1-5-2-3-4-6(5)7/h3H,2H2,1H3. The van der Waals surface area contributed by atoms with E-state index in [0.29, 0.717) is 6.67 Å². The van der Waals surface area contributed by atoms with Crippen molar-refractivity contribution in [1.29, 1.82) is 0 Å². The van der Waals surface area contributed by atoms with Crippen molar-refractivity contribution in [2.24, 2.45) is 5.22 Å². The monoisotopic (exact) mass is 118 g/mol. The Balaban J connectivity index is 2.54. The van der Waals surface area contributed by atoms with Gasteiger partial charge in [-0.15, -0.1) is 0 Å². The summed E-state index contributed by atoms with van der Waals surface area (Å²) in [6.45, 7) is 0.712. The van der Waals surface area contributed by atoms with Gasteiger partial charge in [0.1, 0.15) is 0 Å². The van der Waals surface area contributed by atoms with E-state index in [1.807, 2.05) is 7.05 Å². The van der Waals surface area contributed by atoms with Crippen LogP contribution in [0.1, 0.15) is 0 Å². The van der Waals surface area contributed by atoms with Gasteiger partial charge in [-0.05, 0) is 0 Å². The van der Waals surface area contributed by atoms with E-state index in [0.717, 1.165) is 0 Å². The molecule has 0 amide bonds. The number of hydrazine groups is 1. The molecule has 1 N–H and O–H groups in total. The molecule has 0 aromatic heterocycles. The van der Waals surface area contributed by atoms with E-state index in [-0.39, 0.29) is 0 Å². The van der Waals surface area contributed by atoms with E-state index in [2.05, 4.69) is 23.5 Å². The van der Waals surface area contributed by atoms with Crippen molar-refractivity contribution in [2.45, 2.75) is 0 Å². The van der Waals surface area contributed by atoms with Crippen molar-refractivity contribution >= 4 is 12.8 Å². The van der Waals surface area contributed by atoms with E-state index in [9.17, 15) is 0 Å². The molecule has 0 aromatic rings. The minimum atomic E-state index is 0.712. The van der Waals surface area contributed by atoms with Gasteiger partial charge >= 0.3 is 0 Å². The summed E-state index contributed by atoms with van der Waals surface area (Å²) in [5, 5.41) is 5.41. The first-order valence-corrected chi connectivity index (χ1v) is 2.29. The quantitative estimate of drug-likeness (QED) is 0.335.